The molecule has 2 fully saturated rings. The molecule has 4 aromatic rings. The van der Waals surface area contributed by atoms with Crippen LogP contribution in [0.4, 0.5) is 10.6 Å². The largest absolute Gasteiger partial charge is 0.441 e. The highest BCUT2D eigenvalue weighted by Crippen LogP contribution is 2.35. The first kappa shape index (κ1) is 76.7. The van der Waals surface area contributed by atoms with Gasteiger partial charge in [0, 0.05) is 48.8 Å². The number of hydrogen-bond donors (Lipinski definition) is 20. The molecule has 25 N–H and O–H groups in total. The van der Waals surface area contributed by atoms with E-state index in [1.165, 1.54) is 50.4 Å². The maximum absolute atomic E-state index is 15.2. The normalized spacial score (nSPS) is 24.1. The summed E-state index contributed by atoms with van der Waals surface area (Å²) in [5.41, 5.74) is 28.0. The molecule has 0 radical (unpaired) electrons. The van der Waals surface area contributed by atoms with Crippen LogP contribution in [0.1, 0.15) is 88.8 Å². The minimum atomic E-state index is -2.20. The van der Waals surface area contributed by atoms with Crippen LogP contribution in [-0.4, -0.2) is 261 Å². The van der Waals surface area contributed by atoms with Crippen molar-refractivity contribution in [2.75, 3.05) is 50.6 Å². The Balaban J connectivity index is 1.27. The molecule has 41 heteroatoms. The van der Waals surface area contributed by atoms with E-state index in [2.05, 4.69) is 61.8 Å². The van der Waals surface area contributed by atoms with Gasteiger partial charge in [-0.3, -0.25) is 33.6 Å². The lowest BCUT2D eigenvalue weighted by atomic mass is 9.96. The number of anilines is 1. The average molecular weight is 1400 g/mol. The number of nitrogens with zero attached hydrogens (tertiary/aromatic N) is 5. The SMILES string of the molecule is CSCCCNC(=O)c1csc(-c2csc(CCNC(=O)[C@@H](NC(=O)[C@@H](C)[C@H](O)[C@@H](C)NC(=O)[C@@H](NC(=O)c3nc([C@H](CC(N)=O)NC[C@H](N)C(N)=O)nc(N)c3C)[C@@H](O[C@@H]3O[C@H](CO)[C@@H](O)[C@@H](O)[C@@H]3O[C@@H]3O[C@@H](CO)[C@@H](O)[C@H](OC(N)=O)[C@H]3O)c3cnc[nH]3)[C@@H](C)O)n2)n1. The highest BCUT2D eigenvalue weighted by Gasteiger charge is 2.54. The van der Waals surface area contributed by atoms with Crippen molar-refractivity contribution in [1.82, 2.24) is 61.8 Å². The molecule has 0 bridgehead atoms. The molecule has 0 unspecified atom stereocenters. The zero-order chi connectivity index (χ0) is 70.1. The topological polar surface area (TPSA) is 627 Å². The van der Waals surface area contributed by atoms with Gasteiger partial charge in [0.25, 0.3) is 11.8 Å². The van der Waals surface area contributed by atoms with Crippen molar-refractivity contribution in [1.29, 1.82) is 0 Å². The Morgan fingerprint density at radius 2 is 1.48 bits per heavy atom. The van der Waals surface area contributed by atoms with E-state index in [4.69, 9.17) is 52.4 Å². The molecule has 2 aliphatic rings. The number of primary amides is 3. The van der Waals surface area contributed by atoms with E-state index in [9.17, 15) is 74.4 Å². The number of ether oxygens (including phenoxy) is 5. The fourth-order valence-electron chi connectivity index (χ4n) is 9.65. The summed E-state index contributed by atoms with van der Waals surface area (Å²) in [6.45, 7) is 3.15. The number of imidazole rings is 1. The van der Waals surface area contributed by atoms with Crippen LogP contribution < -0.4 is 60.6 Å². The first-order valence-corrected chi connectivity index (χ1v) is 32.6. The number of nitrogen functional groups attached to an aromatic ring is 1. The fraction of sp³-hybridized carbons (Fsp3) is 0.611. The number of thioether (sulfide) groups is 1. The molecule has 38 nitrogen and oxygen atoms in total. The molecule has 526 valence electrons. The first-order valence-electron chi connectivity index (χ1n) is 29.4. The minimum Gasteiger partial charge on any atom is -0.441 e. The number of hydrogen-bond acceptors (Lipinski definition) is 32. The second kappa shape index (κ2) is 35.6. The highest BCUT2D eigenvalue weighted by atomic mass is 32.2. The van der Waals surface area contributed by atoms with E-state index in [-0.39, 0.29) is 54.0 Å². The Morgan fingerprint density at radius 3 is 2.12 bits per heavy atom. The summed E-state index contributed by atoms with van der Waals surface area (Å²) in [5, 5.41) is 108. The molecule has 6 rings (SSSR count). The van der Waals surface area contributed by atoms with Gasteiger partial charge in [-0.25, -0.2) is 29.7 Å². The first-order chi connectivity index (χ1) is 45.0. The van der Waals surface area contributed by atoms with Gasteiger partial charge in [-0.15, -0.1) is 22.7 Å². The zero-order valence-corrected chi connectivity index (χ0v) is 54.3. The van der Waals surface area contributed by atoms with Gasteiger partial charge in [-0.1, -0.05) is 6.92 Å². The van der Waals surface area contributed by atoms with Crippen molar-refractivity contribution in [2.45, 2.75) is 157 Å². The van der Waals surface area contributed by atoms with Crippen LogP contribution >= 0.6 is 34.4 Å². The maximum Gasteiger partial charge on any atom is 0.404 e. The van der Waals surface area contributed by atoms with Gasteiger partial charge < -0.3 is 130 Å². The maximum atomic E-state index is 15.2. The number of amides is 8. The van der Waals surface area contributed by atoms with Crippen molar-refractivity contribution in [3.8, 4) is 10.7 Å². The second-order valence-corrected chi connectivity index (χ2v) is 24.9. The molecule has 2 saturated heterocycles. The van der Waals surface area contributed by atoms with Gasteiger partial charge >= 0.3 is 6.09 Å². The van der Waals surface area contributed by atoms with Gasteiger partial charge in [-0.2, -0.15) is 11.8 Å². The van der Waals surface area contributed by atoms with E-state index in [1.54, 1.807) is 22.5 Å². The highest BCUT2D eigenvalue weighted by molar-refractivity contribution is 7.98. The predicted molar refractivity (Wildman–Crippen MR) is 333 cm³/mol. The molecule has 0 saturated carbocycles. The summed E-state index contributed by atoms with van der Waals surface area (Å²) in [5.74, 6) is -7.80. The fourth-order valence-corrected chi connectivity index (χ4v) is 11.7. The van der Waals surface area contributed by atoms with E-state index in [0.29, 0.717) is 22.3 Å². The van der Waals surface area contributed by atoms with Crippen molar-refractivity contribution < 1.29 is 103 Å². The monoisotopic (exact) mass is 1400 g/mol. The predicted octanol–water partition coefficient (Wildman–Crippen LogP) is -7.22. The summed E-state index contributed by atoms with van der Waals surface area (Å²) in [6, 6.07) is -7.85. The standard InChI is InChI=1S/C54H81N17O21S3/c1-19-32(68-45(71-43(19)57)24(11-30(56)75)63-12-23(55)44(58)81)49(85)70-34(40(25-13-60-18-64-25)90-53-42(38(79)36(77)28(14-72)89-53)91-52-39(80)41(92-54(59)87)37(78)29(15-73)88-52)50(86)65-21(3)35(76)20(2)46(82)69-33(22(4)74)48(84)62-9-7-31-66-27(17-94-31)51-67-26(16-95-51)47(83)61-8-6-10-93-5/h13,16-18,20-24,28-29,33-42,52-53,63,72-74,76-80H,6-12,14-15,55H2,1-5H3,(H2,56,75)(H2,58,81)(H2,59,87)(H,60,64)(H,61,83)(H,62,84)(H,65,86)(H,69,82)(H,70,85)(H2,57,68,71)/t20-,21+,22+,23-,24-,28+,29-,33-,34-,35-,36+,37+,38+,39+,40-,41-,42-,52-,53-/m0/s1. The summed E-state index contributed by atoms with van der Waals surface area (Å²) < 4.78 is 28.7. The summed E-state index contributed by atoms with van der Waals surface area (Å²) in [4.78, 5) is 130. The van der Waals surface area contributed by atoms with Crippen LogP contribution in [0.2, 0.25) is 0 Å². The molecule has 0 aliphatic carbocycles. The van der Waals surface area contributed by atoms with Crippen molar-refractivity contribution >= 4 is 87.7 Å². The van der Waals surface area contributed by atoms with Crippen molar-refractivity contribution in [3.63, 3.8) is 0 Å². The third-order valence-corrected chi connectivity index (χ3v) is 17.5. The van der Waals surface area contributed by atoms with Crippen LogP contribution in [0.25, 0.3) is 10.7 Å². The van der Waals surface area contributed by atoms with E-state index >= 15 is 4.79 Å². The molecular formula is C54H81N17O21S3. The van der Waals surface area contributed by atoms with E-state index in [1.807, 2.05) is 6.26 Å². The Morgan fingerprint density at radius 1 is 0.789 bits per heavy atom. The number of nitrogens with one attached hydrogen (secondary N) is 7. The van der Waals surface area contributed by atoms with Crippen LogP contribution in [0, 0.1) is 12.8 Å². The Kier molecular flexibility index (Phi) is 28.8. The number of carbonyl (C=O) groups excluding carboxylic acids is 8. The number of H-pyrrole nitrogens is 1. The number of carbonyl (C=O) groups is 8. The lowest BCUT2D eigenvalue weighted by Gasteiger charge is -2.47. The van der Waals surface area contributed by atoms with Gasteiger partial charge in [0.05, 0.1) is 72.7 Å². The Bertz CT molecular complexity index is 3250. The lowest BCUT2D eigenvalue weighted by molar-refractivity contribution is -0.372. The quantitative estimate of drug-likeness (QED) is 0.0190. The minimum absolute atomic E-state index is 0.00588. The average Bonchev–Trinajstić information content (AvgIpc) is 1.31. The Hall–Kier alpha value is -7.30. The number of aliphatic hydroxyl groups is 8. The van der Waals surface area contributed by atoms with Gasteiger partial charge in [0.1, 0.15) is 94.6 Å². The van der Waals surface area contributed by atoms with E-state index in [0.717, 1.165) is 24.7 Å². The molecule has 95 heavy (non-hydrogen) atoms. The molecule has 19 atom stereocenters. The number of aromatic amines is 1. The van der Waals surface area contributed by atoms with Crippen molar-refractivity contribution in [2.24, 2.45) is 28.9 Å². The molecule has 6 heterocycles. The second-order valence-electron chi connectivity index (χ2n) is 22.1. The van der Waals surface area contributed by atoms with E-state index < -0.39 is 183 Å². The number of aromatic nitrogens is 6. The zero-order valence-electron chi connectivity index (χ0n) is 51.9. The Labute approximate surface area is 553 Å². The molecule has 8 amide bonds. The molecule has 0 spiro atoms. The van der Waals surface area contributed by atoms with Gasteiger partial charge in [-0.05, 0) is 39.2 Å². The van der Waals surface area contributed by atoms with Gasteiger partial charge in [0.2, 0.25) is 29.5 Å². The van der Waals surface area contributed by atoms with Crippen LogP contribution in [0.15, 0.2) is 23.3 Å². The number of rotatable bonds is 35. The van der Waals surface area contributed by atoms with Crippen molar-refractivity contribution in [3.05, 3.63) is 56.8 Å². The summed E-state index contributed by atoms with van der Waals surface area (Å²) in [6.07, 6.45) is -22.3. The summed E-state index contributed by atoms with van der Waals surface area (Å²) >= 11 is 4.19. The van der Waals surface area contributed by atoms with Crippen LogP contribution in [0.3, 0.4) is 0 Å². The number of thiazole rings is 2. The summed E-state index contributed by atoms with van der Waals surface area (Å²) in [7, 11) is 0. The number of aliphatic hydroxyl groups excluding tert-OH is 8. The van der Waals surface area contributed by atoms with Crippen LogP contribution in [0.5, 0.6) is 0 Å². The van der Waals surface area contributed by atoms with Gasteiger partial charge in [0.15, 0.2) is 18.7 Å². The molecule has 4 aromatic heterocycles. The smallest absolute Gasteiger partial charge is 0.404 e. The third kappa shape index (κ3) is 20.4. The molecule has 0 aromatic carbocycles. The molecular weight excluding hydrogens is 1320 g/mol. The lowest BCUT2D eigenvalue weighted by Crippen LogP contribution is -2.65. The number of nitrogens with two attached hydrogens (primary N) is 5. The third-order valence-electron chi connectivity index (χ3n) is 15.1. The molecule has 2 aliphatic heterocycles. The van der Waals surface area contributed by atoms with Crippen LogP contribution in [-0.2, 0) is 54.1 Å².